The number of carboxylic acids is 1. The number of thiophene rings is 1. The number of halogens is 4. The lowest BCUT2D eigenvalue weighted by Gasteiger charge is -2.09. The second-order valence-electron chi connectivity index (χ2n) is 7.14. The van der Waals surface area contributed by atoms with Gasteiger partial charge in [0.2, 0.25) is 0 Å². The van der Waals surface area contributed by atoms with Crippen molar-refractivity contribution in [3.63, 3.8) is 0 Å². The van der Waals surface area contributed by atoms with E-state index in [-0.39, 0.29) is 28.6 Å². The fraction of sp³-hybridized carbons (Fsp3) is 0.174. The fourth-order valence-corrected chi connectivity index (χ4v) is 4.57. The van der Waals surface area contributed by atoms with Gasteiger partial charge in [-0.15, -0.1) is 24.5 Å². The minimum absolute atomic E-state index is 0.0106. The number of hydrogen-bond acceptors (Lipinski definition) is 6. The predicted octanol–water partition coefficient (Wildman–Crippen LogP) is 6.79. The van der Waals surface area contributed by atoms with Crippen LogP contribution in [0.1, 0.15) is 28.4 Å². The van der Waals surface area contributed by atoms with Crippen LogP contribution in [0, 0.1) is 0 Å². The van der Waals surface area contributed by atoms with Crippen molar-refractivity contribution in [2.45, 2.75) is 19.7 Å². The standard InChI is InChI=1S/C23H17ClF3NO4S2/c1-12(28-10-16(33)8-13-2-7-17(22(30)31)19(24)9-13)18-11-34-21(20(18)29)14-3-5-15(6-4-14)32-23(25,26)27/h2-7,9,11,29H,8,10H2,1H3,(H,30,31). The first-order valence-electron chi connectivity index (χ1n) is 9.66. The van der Waals surface area contributed by atoms with Crippen LogP contribution in [0.5, 0.6) is 11.5 Å². The first kappa shape index (κ1) is 25.7. The van der Waals surface area contributed by atoms with E-state index in [9.17, 15) is 23.1 Å². The normalized spacial score (nSPS) is 12.0. The Morgan fingerprint density at radius 1 is 1.18 bits per heavy atom. The highest BCUT2D eigenvalue weighted by Crippen LogP contribution is 2.39. The number of aromatic carboxylic acids is 1. The van der Waals surface area contributed by atoms with Crippen LogP contribution in [-0.2, 0) is 6.42 Å². The molecule has 0 saturated carbocycles. The van der Waals surface area contributed by atoms with Crippen molar-refractivity contribution >= 4 is 51.7 Å². The van der Waals surface area contributed by atoms with Gasteiger partial charge in [-0.2, -0.15) is 0 Å². The smallest absolute Gasteiger partial charge is 0.506 e. The van der Waals surface area contributed by atoms with Gasteiger partial charge in [-0.25, -0.2) is 4.79 Å². The Balaban J connectivity index is 1.68. The molecule has 0 aliphatic rings. The highest BCUT2D eigenvalue weighted by Gasteiger charge is 2.31. The first-order valence-corrected chi connectivity index (χ1v) is 11.3. The number of hydrogen-bond donors (Lipinski definition) is 2. The number of carboxylic acid groups (broad SMARTS) is 1. The Morgan fingerprint density at radius 3 is 2.44 bits per heavy atom. The maximum Gasteiger partial charge on any atom is 0.573 e. The summed E-state index contributed by atoms with van der Waals surface area (Å²) >= 11 is 12.6. The van der Waals surface area contributed by atoms with Gasteiger partial charge < -0.3 is 14.9 Å². The van der Waals surface area contributed by atoms with Gasteiger partial charge in [0, 0.05) is 27.9 Å². The third-order valence-corrected chi connectivity index (χ3v) is 6.27. The molecular formula is C23H17ClF3NO4S2. The maximum absolute atomic E-state index is 12.3. The number of carbonyl (C=O) groups is 1. The number of aliphatic imine (C=N–C) groups is 1. The Labute approximate surface area is 207 Å². The molecule has 0 bridgehead atoms. The molecule has 5 nitrogen and oxygen atoms in total. The van der Waals surface area contributed by atoms with Crippen LogP contribution in [0.15, 0.2) is 52.8 Å². The number of thiocarbonyl (C=S) groups is 1. The minimum atomic E-state index is -4.78. The van der Waals surface area contributed by atoms with Crippen molar-refractivity contribution in [3.05, 3.63) is 69.6 Å². The SMILES string of the molecule is CC(=NCC(=S)Cc1ccc(C(=O)O)c(Cl)c1)c1csc(-c2ccc(OC(F)(F)F)cc2)c1O. The highest BCUT2D eigenvalue weighted by molar-refractivity contribution is 7.80. The maximum atomic E-state index is 12.3. The Bertz CT molecular complexity index is 1250. The Kier molecular flexibility index (Phi) is 7.96. The molecule has 2 N–H and O–H groups in total. The molecule has 0 amide bonds. The highest BCUT2D eigenvalue weighted by atomic mass is 35.5. The van der Waals surface area contributed by atoms with Crippen LogP contribution in [0.25, 0.3) is 10.4 Å². The van der Waals surface area contributed by atoms with E-state index in [1.165, 1.54) is 41.7 Å². The van der Waals surface area contributed by atoms with Crippen LogP contribution >= 0.6 is 35.2 Å². The monoisotopic (exact) mass is 527 g/mol. The van der Waals surface area contributed by atoms with Crippen molar-refractivity contribution in [2.75, 3.05) is 6.54 Å². The molecule has 0 aliphatic carbocycles. The molecule has 0 saturated heterocycles. The van der Waals surface area contributed by atoms with E-state index >= 15 is 0 Å². The lowest BCUT2D eigenvalue weighted by molar-refractivity contribution is -0.274. The molecule has 1 heterocycles. The van der Waals surface area contributed by atoms with Gasteiger partial charge >= 0.3 is 12.3 Å². The van der Waals surface area contributed by atoms with Gasteiger partial charge in [0.1, 0.15) is 11.5 Å². The molecule has 178 valence electrons. The van der Waals surface area contributed by atoms with Crippen molar-refractivity contribution in [2.24, 2.45) is 4.99 Å². The molecule has 0 radical (unpaired) electrons. The average Bonchev–Trinajstić information content (AvgIpc) is 3.12. The Morgan fingerprint density at radius 2 is 1.85 bits per heavy atom. The van der Waals surface area contributed by atoms with E-state index in [0.29, 0.717) is 33.0 Å². The molecule has 34 heavy (non-hydrogen) atoms. The van der Waals surface area contributed by atoms with Crippen LogP contribution in [0.2, 0.25) is 5.02 Å². The number of aromatic hydroxyl groups is 1. The Hall–Kier alpha value is -2.95. The zero-order valence-electron chi connectivity index (χ0n) is 17.5. The van der Waals surface area contributed by atoms with E-state index in [1.54, 1.807) is 24.4 Å². The summed E-state index contributed by atoms with van der Waals surface area (Å²) in [6.07, 6.45) is -4.40. The molecule has 0 aliphatic heterocycles. The van der Waals surface area contributed by atoms with Gasteiger partial charge in [0.15, 0.2) is 0 Å². The summed E-state index contributed by atoms with van der Waals surface area (Å²) in [7, 11) is 0. The summed E-state index contributed by atoms with van der Waals surface area (Å²) in [6, 6.07) is 9.82. The van der Waals surface area contributed by atoms with Crippen LogP contribution in [-0.4, -0.2) is 39.7 Å². The van der Waals surface area contributed by atoms with E-state index in [1.807, 2.05) is 0 Å². The largest absolute Gasteiger partial charge is 0.573 e. The molecular weight excluding hydrogens is 511 g/mol. The lowest BCUT2D eigenvalue weighted by Crippen LogP contribution is -2.16. The molecule has 0 spiro atoms. The minimum Gasteiger partial charge on any atom is -0.506 e. The van der Waals surface area contributed by atoms with Gasteiger partial charge in [0.25, 0.3) is 0 Å². The molecule has 0 fully saturated rings. The zero-order chi connectivity index (χ0) is 25.0. The molecule has 11 heteroatoms. The summed E-state index contributed by atoms with van der Waals surface area (Å²) in [5.74, 6) is -1.49. The van der Waals surface area contributed by atoms with Gasteiger partial charge in [-0.05, 0) is 54.4 Å². The lowest BCUT2D eigenvalue weighted by atomic mass is 10.1. The quantitative estimate of drug-likeness (QED) is 0.249. The summed E-state index contributed by atoms with van der Waals surface area (Å²) < 4.78 is 40.8. The van der Waals surface area contributed by atoms with Crippen molar-refractivity contribution in [1.29, 1.82) is 0 Å². The number of ether oxygens (including phenoxy) is 1. The third kappa shape index (κ3) is 6.55. The second kappa shape index (κ2) is 10.5. The molecule has 1 aromatic heterocycles. The fourth-order valence-electron chi connectivity index (χ4n) is 3.04. The topological polar surface area (TPSA) is 79.1 Å². The molecule has 3 aromatic rings. The number of alkyl halides is 3. The van der Waals surface area contributed by atoms with E-state index in [4.69, 9.17) is 28.9 Å². The first-order chi connectivity index (χ1) is 15.9. The molecule has 3 rings (SSSR count). The summed E-state index contributed by atoms with van der Waals surface area (Å²) in [4.78, 5) is 16.6. The third-order valence-electron chi connectivity index (χ3n) is 4.66. The molecule has 0 unspecified atom stereocenters. The predicted molar refractivity (Wildman–Crippen MR) is 130 cm³/mol. The van der Waals surface area contributed by atoms with E-state index < -0.39 is 12.3 Å². The van der Waals surface area contributed by atoms with Gasteiger partial charge in [0.05, 0.1) is 22.0 Å². The molecule has 0 atom stereocenters. The molecule has 2 aromatic carbocycles. The van der Waals surface area contributed by atoms with Crippen LogP contribution in [0.4, 0.5) is 13.2 Å². The average molecular weight is 528 g/mol. The summed E-state index contributed by atoms with van der Waals surface area (Å²) in [6.45, 7) is 1.92. The number of nitrogens with zero attached hydrogens (tertiary/aromatic N) is 1. The van der Waals surface area contributed by atoms with Crippen molar-refractivity contribution in [3.8, 4) is 21.9 Å². The number of benzene rings is 2. The van der Waals surface area contributed by atoms with Crippen LogP contribution < -0.4 is 4.74 Å². The van der Waals surface area contributed by atoms with E-state index in [0.717, 1.165) is 5.56 Å². The second-order valence-corrected chi connectivity index (χ2v) is 9.00. The van der Waals surface area contributed by atoms with Gasteiger partial charge in [-0.3, -0.25) is 4.99 Å². The van der Waals surface area contributed by atoms with E-state index in [2.05, 4.69) is 9.73 Å². The number of rotatable bonds is 8. The van der Waals surface area contributed by atoms with Gasteiger partial charge in [-0.1, -0.05) is 29.9 Å². The van der Waals surface area contributed by atoms with Crippen LogP contribution in [0.3, 0.4) is 0 Å². The van der Waals surface area contributed by atoms with Crippen molar-refractivity contribution in [1.82, 2.24) is 0 Å². The summed E-state index contributed by atoms with van der Waals surface area (Å²) in [5.41, 5.74) is 2.34. The van der Waals surface area contributed by atoms with Crippen molar-refractivity contribution < 1.29 is 32.9 Å². The zero-order valence-corrected chi connectivity index (χ0v) is 19.9. The summed E-state index contributed by atoms with van der Waals surface area (Å²) in [5, 5.41) is 21.5.